The van der Waals surface area contributed by atoms with Crippen molar-refractivity contribution in [3.63, 3.8) is 0 Å². The number of thiophene rings is 1. The van der Waals surface area contributed by atoms with Gasteiger partial charge in [-0.3, -0.25) is 0 Å². The largest absolute Gasteiger partial charge is 0.395 e. The molecule has 4 nitrogen and oxygen atoms in total. The molecule has 6 heteroatoms. The van der Waals surface area contributed by atoms with Gasteiger partial charge in [0.1, 0.15) is 0 Å². The number of aromatic nitrogens is 2. The smallest absolute Gasteiger partial charge is 0.209 e. The molecule has 98 valence electrons. The first kappa shape index (κ1) is 12.7. The summed E-state index contributed by atoms with van der Waals surface area (Å²) in [5.74, 6) is 0.754. The number of aliphatic hydroxyl groups excluding tert-OH is 1. The molecule has 0 atom stereocenters. The molecule has 1 aromatic carbocycles. The van der Waals surface area contributed by atoms with Crippen LogP contribution in [0.5, 0.6) is 0 Å². The van der Waals surface area contributed by atoms with Crippen LogP contribution in [0.4, 0.5) is 10.9 Å². The summed E-state index contributed by atoms with van der Waals surface area (Å²) >= 11 is 5.04. The Balaban J connectivity index is 2.04. The summed E-state index contributed by atoms with van der Waals surface area (Å²) in [5, 5.41) is 15.5. The Hall–Kier alpha value is -1.37. The zero-order chi connectivity index (χ0) is 13.2. The van der Waals surface area contributed by atoms with Crippen LogP contribution in [0, 0.1) is 0 Å². The molecule has 0 radical (unpaired) electrons. The van der Waals surface area contributed by atoms with E-state index in [1.165, 1.54) is 0 Å². The van der Waals surface area contributed by atoms with E-state index in [1.54, 1.807) is 11.3 Å². The van der Waals surface area contributed by atoms with Crippen molar-refractivity contribution in [2.24, 2.45) is 0 Å². The fraction of sp³-hybridized carbons (Fsp3) is 0.154. The lowest BCUT2D eigenvalue weighted by molar-refractivity contribution is 0.278. The standard InChI is InChI=1S/C13H12BrN3OS/c14-9-7-12(19-8-9)16-13-15-10-3-1-2-4-11(10)17(13)5-6-18/h1-4,7-8,18H,5-6H2,(H,15,16). The van der Waals surface area contributed by atoms with Gasteiger partial charge >= 0.3 is 0 Å². The molecule has 0 bridgehead atoms. The van der Waals surface area contributed by atoms with Gasteiger partial charge in [0.05, 0.1) is 22.6 Å². The lowest BCUT2D eigenvalue weighted by Gasteiger charge is -2.07. The highest BCUT2D eigenvalue weighted by molar-refractivity contribution is 9.10. The van der Waals surface area contributed by atoms with Crippen molar-refractivity contribution in [3.05, 3.63) is 40.2 Å². The molecule has 0 fully saturated rings. The van der Waals surface area contributed by atoms with Crippen LogP contribution < -0.4 is 5.32 Å². The number of anilines is 2. The van der Waals surface area contributed by atoms with E-state index in [4.69, 9.17) is 0 Å². The maximum atomic E-state index is 9.21. The maximum absolute atomic E-state index is 9.21. The van der Waals surface area contributed by atoms with Gasteiger partial charge in [-0.1, -0.05) is 12.1 Å². The predicted octanol–water partition coefficient (Wildman–Crippen LogP) is 3.60. The average Bonchev–Trinajstić information content (AvgIpc) is 2.96. The molecule has 3 rings (SSSR count). The van der Waals surface area contributed by atoms with E-state index in [9.17, 15) is 5.11 Å². The molecule has 0 aliphatic rings. The lowest BCUT2D eigenvalue weighted by Crippen LogP contribution is -2.06. The van der Waals surface area contributed by atoms with Crippen molar-refractivity contribution in [2.75, 3.05) is 11.9 Å². The second-order valence-electron chi connectivity index (χ2n) is 4.05. The number of nitrogens with one attached hydrogen (secondary N) is 1. The SMILES string of the molecule is OCCn1c(Nc2cc(Br)cs2)nc2ccccc21. The highest BCUT2D eigenvalue weighted by atomic mass is 79.9. The van der Waals surface area contributed by atoms with Crippen molar-refractivity contribution >= 4 is 49.2 Å². The summed E-state index contributed by atoms with van der Waals surface area (Å²) in [6.45, 7) is 0.610. The Labute approximate surface area is 122 Å². The van der Waals surface area contributed by atoms with Crippen LogP contribution in [0.25, 0.3) is 11.0 Å². The fourth-order valence-electron chi connectivity index (χ4n) is 1.99. The quantitative estimate of drug-likeness (QED) is 0.764. The molecule has 3 aromatic rings. The number of para-hydroxylation sites is 2. The van der Waals surface area contributed by atoms with E-state index in [0.29, 0.717) is 6.54 Å². The van der Waals surface area contributed by atoms with Gasteiger partial charge in [-0.05, 0) is 34.1 Å². The molecule has 0 unspecified atom stereocenters. The van der Waals surface area contributed by atoms with Crippen LogP contribution >= 0.6 is 27.3 Å². The fourth-order valence-corrected chi connectivity index (χ4v) is 3.30. The summed E-state index contributed by atoms with van der Waals surface area (Å²) in [7, 11) is 0. The van der Waals surface area contributed by atoms with E-state index >= 15 is 0 Å². The minimum absolute atomic E-state index is 0.0865. The van der Waals surface area contributed by atoms with Crippen LogP contribution in [-0.4, -0.2) is 21.3 Å². The van der Waals surface area contributed by atoms with Gasteiger partial charge in [0.25, 0.3) is 0 Å². The first-order chi connectivity index (χ1) is 9.28. The second-order valence-corrected chi connectivity index (χ2v) is 5.88. The maximum Gasteiger partial charge on any atom is 0.209 e. The summed E-state index contributed by atoms with van der Waals surface area (Å²) in [6, 6.07) is 9.92. The average molecular weight is 338 g/mol. The Morgan fingerprint density at radius 2 is 2.21 bits per heavy atom. The molecular weight excluding hydrogens is 326 g/mol. The van der Waals surface area contributed by atoms with Gasteiger partial charge < -0.3 is 15.0 Å². The second kappa shape index (κ2) is 5.32. The van der Waals surface area contributed by atoms with Crippen molar-refractivity contribution < 1.29 is 5.11 Å². The molecule has 0 spiro atoms. The van der Waals surface area contributed by atoms with Crippen molar-refractivity contribution in [2.45, 2.75) is 6.54 Å². The Morgan fingerprint density at radius 3 is 2.95 bits per heavy atom. The number of aliphatic hydroxyl groups is 1. The molecule has 2 heterocycles. The van der Waals surface area contributed by atoms with E-state index in [1.807, 2.05) is 40.3 Å². The molecule has 0 saturated carbocycles. The third kappa shape index (κ3) is 2.51. The van der Waals surface area contributed by atoms with E-state index in [0.717, 1.165) is 26.5 Å². The Kier molecular flexibility index (Phi) is 3.54. The number of benzene rings is 1. The minimum atomic E-state index is 0.0865. The zero-order valence-electron chi connectivity index (χ0n) is 10.0. The molecule has 0 aliphatic carbocycles. The normalized spacial score (nSPS) is 11.1. The Morgan fingerprint density at radius 1 is 1.37 bits per heavy atom. The lowest BCUT2D eigenvalue weighted by atomic mass is 10.3. The number of imidazole rings is 1. The summed E-state index contributed by atoms with van der Waals surface area (Å²) < 4.78 is 3.04. The van der Waals surface area contributed by atoms with Crippen molar-refractivity contribution in [1.29, 1.82) is 0 Å². The van der Waals surface area contributed by atoms with Gasteiger partial charge in [-0.2, -0.15) is 0 Å². The molecule has 2 aromatic heterocycles. The molecule has 0 aliphatic heterocycles. The van der Waals surface area contributed by atoms with Crippen LogP contribution in [0.15, 0.2) is 40.2 Å². The number of nitrogens with zero attached hydrogens (tertiary/aromatic N) is 2. The predicted molar refractivity (Wildman–Crippen MR) is 82.1 cm³/mol. The van der Waals surface area contributed by atoms with Crippen molar-refractivity contribution in [3.8, 4) is 0 Å². The van der Waals surface area contributed by atoms with Crippen molar-refractivity contribution in [1.82, 2.24) is 9.55 Å². The van der Waals surface area contributed by atoms with Crippen LogP contribution in [0.2, 0.25) is 0 Å². The van der Waals surface area contributed by atoms with Gasteiger partial charge in [0.2, 0.25) is 5.95 Å². The number of fused-ring (bicyclic) bond motifs is 1. The molecular formula is C13H12BrN3OS. The van der Waals surface area contributed by atoms with Crippen LogP contribution in [-0.2, 0) is 6.54 Å². The van der Waals surface area contributed by atoms with E-state index in [2.05, 4.69) is 26.2 Å². The Bertz CT molecular complexity index is 707. The zero-order valence-corrected chi connectivity index (χ0v) is 12.4. The first-order valence-corrected chi connectivity index (χ1v) is 7.52. The summed E-state index contributed by atoms with van der Waals surface area (Å²) in [6.07, 6.45) is 0. The van der Waals surface area contributed by atoms with Crippen LogP contribution in [0.3, 0.4) is 0 Å². The van der Waals surface area contributed by atoms with Gasteiger partial charge in [0, 0.05) is 16.4 Å². The third-order valence-corrected chi connectivity index (χ3v) is 4.39. The van der Waals surface area contributed by atoms with E-state index in [-0.39, 0.29) is 6.61 Å². The molecule has 19 heavy (non-hydrogen) atoms. The van der Waals surface area contributed by atoms with Gasteiger partial charge in [-0.25, -0.2) is 4.98 Å². The number of rotatable bonds is 4. The number of hydrogen-bond acceptors (Lipinski definition) is 4. The first-order valence-electron chi connectivity index (χ1n) is 5.85. The third-order valence-electron chi connectivity index (χ3n) is 2.78. The van der Waals surface area contributed by atoms with Gasteiger partial charge in [-0.15, -0.1) is 11.3 Å². The number of hydrogen-bond donors (Lipinski definition) is 2. The minimum Gasteiger partial charge on any atom is -0.395 e. The van der Waals surface area contributed by atoms with E-state index < -0.39 is 0 Å². The van der Waals surface area contributed by atoms with Crippen LogP contribution in [0.1, 0.15) is 0 Å². The summed E-state index contributed by atoms with van der Waals surface area (Å²) in [4.78, 5) is 4.57. The summed E-state index contributed by atoms with van der Waals surface area (Å²) in [5.41, 5.74) is 1.95. The molecule has 0 amide bonds. The highest BCUT2D eigenvalue weighted by Crippen LogP contribution is 2.29. The topological polar surface area (TPSA) is 50.1 Å². The van der Waals surface area contributed by atoms with Gasteiger partial charge in [0.15, 0.2) is 0 Å². The monoisotopic (exact) mass is 337 g/mol. The number of halogens is 1. The molecule has 2 N–H and O–H groups in total. The molecule has 0 saturated heterocycles. The highest BCUT2D eigenvalue weighted by Gasteiger charge is 2.10.